The third-order valence-electron chi connectivity index (χ3n) is 5.69. The molecule has 2 heteroatoms. The summed E-state index contributed by atoms with van der Waals surface area (Å²) in [7, 11) is 1.78. The van der Waals surface area contributed by atoms with E-state index in [0.29, 0.717) is 5.92 Å². The van der Waals surface area contributed by atoms with Gasteiger partial charge < -0.3 is 9.84 Å². The quantitative estimate of drug-likeness (QED) is 0.812. The molecule has 21 heavy (non-hydrogen) atoms. The molecule has 1 atom stereocenters. The van der Waals surface area contributed by atoms with E-state index in [1.165, 1.54) is 37.7 Å². The molecule has 1 aromatic rings. The molecule has 3 rings (SSSR count). The average Bonchev–Trinajstić information content (AvgIpc) is 2.72. The molecule has 1 unspecified atom stereocenters. The lowest BCUT2D eigenvalue weighted by Crippen LogP contribution is -2.38. The zero-order chi connectivity index (χ0) is 14.7. The van der Waals surface area contributed by atoms with Gasteiger partial charge >= 0.3 is 0 Å². The molecule has 116 valence electrons. The SMILES string of the molecule is COC1(C(O)c2ccccc2C2CCC2)CCCCCC1. The second kappa shape index (κ2) is 6.50. The van der Waals surface area contributed by atoms with E-state index in [1.54, 1.807) is 7.11 Å². The Kier molecular flexibility index (Phi) is 4.66. The van der Waals surface area contributed by atoms with Crippen LogP contribution in [0.15, 0.2) is 24.3 Å². The predicted molar refractivity (Wildman–Crippen MR) is 85.4 cm³/mol. The Morgan fingerprint density at radius 3 is 2.29 bits per heavy atom. The van der Waals surface area contributed by atoms with Gasteiger partial charge in [-0.25, -0.2) is 0 Å². The fourth-order valence-corrected chi connectivity index (χ4v) is 4.05. The smallest absolute Gasteiger partial charge is 0.108 e. The topological polar surface area (TPSA) is 29.5 Å². The summed E-state index contributed by atoms with van der Waals surface area (Å²) in [6, 6.07) is 8.49. The number of aliphatic hydroxyl groups excluding tert-OH is 1. The predicted octanol–water partition coefficient (Wildman–Crippen LogP) is 4.73. The molecule has 0 aromatic heterocycles. The molecule has 2 nitrogen and oxygen atoms in total. The van der Waals surface area contributed by atoms with Gasteiger partial charge in [0.2, 0.25) is 0 Å². The Labute approximate surface area is 128 Å². The second-order valence-electron chi connectivity index (χ2n) is 6.84. The Hall–Kier alpha value is -0.860. The van der Waals surface area contributed by atoms with Crippen LogP contribution in [0.1, 0.15) is 80.9 Å². The maximum Gasteiger partial charge on any atom is 0.108 e. The van der Waals surface area contributed by atoms with Gasteiger partial charge in [-0.1, -0.05) is 56.4 Å². The van der Waals surface area contributed by atoms with Gasteiger partial charge in [0.05, 0.1) is 5.60 Å². The Balaban J connectivity index is 1.90. The molecule has 1 N–H and O–H groups in total. The molecule has 2 saturated carbocycles. The number of rotatable bonds is 4. The summed E-state index contributed by atoms with van der Waals surface area (Å²) in [5.74, 6) is 0.649. The molecule has 0 heterocycles. The summed E-state index contributed by atoms with van der Waals surface area (Å²) in [5, 5.41) is 11.1. The van der Waals surface area contributed by atoms with Crippen LogP contribution >= 0.6 is 0 Å². The van der Waals surface area contributed by atoms with Crippen molar-refractivity contribution in [2.75, 3.05) is 7.11 Å². The van der Waals surface area contributed by atoms with E-state index >= 15 is 0 Å². The zero-order valence-corrected chi connectivity index (χ0v) is 13.2. The van der Waals surface area contributed by atoms with Crippen LogP contribution in [-0.2, 0) is 4.74 Å². The summed E-state index contributed by atoms with van der Waals surface area (Å²) < 4.78 is 5.91. The second-order valence-corrected chi connectivity index (χ2v) is 6.84. The molecule has 2 aliphatic carbocycles. The van der Waals surface area contributed by atoms with Gasteiger partial charge in [0, 0.05) is 7.11 Å². The van der Waals surface area contributed by atoms with E-state index in [9.17, 15) is 5.11 Å². The lowest BCUT2D eigenvalue weighted by molar-refractivity contribution is -0.114. The monoisotopic (exact) mass is 288 g/mol. The standard InChI is InChI=1S/C19H28O2/c1-21-19(13-6-2-3-7-14-19)18(20)17-12-5-4-11-16(17)15-9-8-10-15/h4-5,11-12,15,18,20H,2-3,6-10,13-14H2,1H3. The van der Waals surface area contributed by atoms with Crippen LogP contribution in [0.25, 0.3) is 0 Å². The van der Waals surface area contributed by atoms with Gasteiger partial charge in [0.15, 0.2) is 0 Å². The highest BCUT2D eigenvalue weighted by molar-refractivity contribution is 5.35. The van der Waals surface area contributed by atoms with Gasteiger partial charge in [0.1, 0.15) is 6.10 Å². The van der Waals surface area contributed by atoms with E-state index in [1.807, 2.05) is 0 Å². The minimum absolute atomic E-state index is 0.379. The number of hydrogen-bond donors (Lipinski definition) is 1. The van der Waals surface area contributed by atoms with Crippen molar-refractivity contribution in [3.05, 3.63) is 35.4 Å². The highest BCUT2D eigenvalue weighted by Crippen LogP contribution is 2.45. The van der Waals surface area contributed by atoms with Crippen LogP contribution in [0.5, 0.6) is 0 Å². The summed E-state index contributed by atoms with van der Waals surface area (Å²) in [4.78, 5) is 0. The van der Waals surface area contributed by atoms with E-state index in [2.05, 4.69) is 24.3 Å². The first-order valence-corrected chi connectivity index (χ1v) is 8.59. The van der Waals surface area contributed by atoms with Crippen LogP contribution in [0, 0.1) is 0 Å². The van der Waals surface area contributed by atoms with Crippen LogP contribution in [0.4, 0.5) is 0 Å². The van der Waals surface area contributed by atoms with Crippen molar-refractivity contribution >= 4 is 0 Å². The van der Waals surface area contributed by atoms with Crippen LogP contribution < -0.4 is 0 Å². The largest absolute Gasteiger partial charge is 0.385 e. The first kappa shape index (κ1) is 15.1. The highest BCUT2D eigenvalue weighted by Gasteiger charge is 2.40. The molecule has 2 fully saturated rings. The van der Waals surface area contributed by atoms with Gasteiger partial charge in [-0.15, -0.1) is 0 Å². The molecule has 0 radical (unpaired) electrons. The maximum atomic E-state index is 11.1. The molecule has 0 bridgehead atoms. The summed E-state index contributed by atoms with van der Waals surface area (Å²) in [6.45, 7) is 0. The van der Waals surface area contributed by atoms with Crippen molar-refractivity contribution in [3.63, 3.8) is 0 Å². The first-order chi connectivity index (χ1) is 10.3. The average molecular weight is 288 g/mol. The van der Waals surface area contributed by atoms with Crippen molar-refractivity contribution in [2.45, 2.75) is 75.4 Å². The molecular formula is C19H28O2. The Morgan fingerprint density at radius 2 is 1.71 bits per heavy atom. The number of aliphatic hydroxyl groups is 1. The number of hydrogen-bond acceptors (Lipinski definition) is 2. The molecule has 0 saturated heterocycles. The molecule has 2 aliphatic rings. The lowest BCUT2D eigenvalue weighted by Gasteiger charge is -2.39. The maximum absolute atomic E-state index is 11.1. The van der Waals surface area contributed by atoms with Crippen LogP contribution in [-0.4, -0.2) is 17.8 Å². The summed E-state index contributed by atoms with van der Waals surface area (Å²) in [5.41, 5.74) is 2.10. The fraction of sp³-hybridized carbons (Fsp3) is 0.684. The fourth-order valence-electron chi connectivity index (χ4n) is 4.05. The third kappa shape index (κ3) is 2.89. The van der Waals surface area contributed by atoms with Gasteiger partial charge in [-0.3, -0.25) is 0 Å². The van der Waals surface area contributed by atoms with Crippen LogP contribution in [0.3, 0.4) is 0 Å². The molecule has 0 amide bonds. The van der Waals surface area contributed by atoms with E-state index in [0.717, 1.165) is 31.2 Å². The van der Waals surface area contributed by atoms with E-state index < -0.39 is 6.10 Å². The Morgan fingerprint density at radius 1 is 1.05 bits per heavy atom. The normalized spacial score (nSPS) is 24.1. The van der Waals surface area contributed by atoms with Crippen molar-refractivity contribution in [2.24, 2.45) is 0 Å². The number of ether oxygens (including phenoxy) is 1. The van der Waals surface area contributed by atoms with Gasteiger partial charge in [-0.05, 0) is 42.7 Å². The van der Waals surface area contributed by atoms with Gasteiger partial charge in [-0.2, -0.15) is 0 Å². The number of methoxy groups -OCH3 is 1. The van der Waals surface area contributed by atoms with Crippen molar-refractivity contribution < 1.29 is 9.84 Å². The van der Waals surface area contributed by atoms with Crippen molar-refractivity contribution in [1.29, 1.82) is 0 Å². The number of benzene rings is 1. The lowest BCUT2D eigenvalue weighted by atomic mass is 9.74. The minimum Gasteiger partial charge on any atom is -0.385 e. The highest BCUT2D eigenvalue weighted by atomic mass is 16.5. The molecular weight excluding hydrogens is 260 g/mol. The summed E-state index contributed by atoms with van der Waals surface area (Å²) in [6.07, 6.45) is 10.2. The first-order valence-electron chi connectivity index (χ1n) is 8.59. The molecule has 1 aromatic carbocycles. The zero-order valence-electron chi connectivity index (χ0n) is 13.2. The molecule has 0 spiro atoms. The minimum atomic E-state index is -0.489. The van der Waals surface area contributed by atoms with Crippen molar-refractivity contribution in [3.8, 4) is 0 Å². The molecule has 0 aliphatic heterocycles. The summed E-state index contributed by atoms with van der Waals surface area (Å²) >= 11 is 0. The van der Waals surface area contributed by atoms with E-state index in [4.69, 9.17) is 4.74 Å². The van der Waals surface area contributed by atoms with Crippen molar-refractivity contribution in [1.82, 2.24) is 0 Å². The van der Waals surface area contributed by atoms with Crippen LogP contribution in [0.2, 0.25) is 0 Å². The van der Waals surface area contributed by atoms with E-state index in [-0.39, 0.29) is 5.60 Å². The Bertz CT molecular complexity index is 456. The van der Waals surface area contributed by atoms with Gasteiger partial charge in [0.25, 0.3) is 0 Å². The third-order valence-corrected chi connectivity index (χ3v) is 5.69.